The zero-order valence-corrected chi connectivity index (χ0v) is 12.6. The monoisotopic (exact) mass is 252 g/mol. The molecule has 1 heterocycles. The second kappa shape index (κ2) is 6.91. The van der Waals surface area contributed by atoms with E-state index < -0.39 is 0 Å². The molecule has 1 unspecified atom stereocenters. The largest absolute Gasteiger partial charge is 0.315 e. The van der Waals surface area contributed by atoms with Crippen molar-refractivity contribution < 1.29 is 0 Å². The highest BCUT2D eigenvalue weighted by atomic mass is 15.2. The Bertz CT molecular complexity index is 225. The van der Waals surface area contributed by atoms with Crippen LogP contribution < -0.4 is 5.32 Å². The fourth-order valence-corrected chi connectivity index (χ4v) is 4.07. The molecule has 1 saturated heterocycles. The SMILES string of the molecule is CNC(CN1[C@H](C)CCC[C@@H]1C)C1CCCCC1. The summed E-state index contributed by atoms with van der Waals surface area (Å²) in [6, 6.07) is 2.29. The Morgan fingerprint density at radius 1 is 0.944 bits per heavy atom. The maximum absolute atomic E-state index is 3.62. The van der Waals surface area contributed by atoms with Gasteiger partial charge in [0.2, 0.25) is 0 Å². The Morgan fingerprint density at radius 2 is 1.56 bits per heavy atom. The smallest absolute Gasteiger partial charge is 0.0220 e. The van der Waals surface area contributed by atoms with E-state index in [0.717, 1.165) is 18.0 Å². The zero-order valence-electron chi connectivity index (χ0n) is 12.6. The molecule has 106 valence electrons. The van der Waals surface area contributed by atoms with Crippen molar-refractivity contribution in [1.29, 1.82) is 0 Å². The van der Waals surface area contributed by atoms with Crippen molar-refractivity contribution in [1.82, 2.24) is 10.2 Å². The minimum absolute atomic E-state index is 0.716. The van der Waals surface area contributed by atoms with E-state index in [0.29, 0.717) is 6.04 Å². The summed E-state index contributed by atoms with van der Waals surface area (Å²) in [5, 5.41) is 3.62. The number of hydrogen-bond acceptors (Lipinski definition) is 2. The third-order valence-corrected chi connectivity index (χ3v) is 5.37. The van der Waals surface area contributed by atoms with E-state index in [2.05, 4.69) is 31.1 Å². The Labute approximate surface area is 114 Å². The molecule has 2 heteroatoms. The van der Waals surface area contributed by atoms with Crippen LogP contribution in [0.4, 0.5) is 0 Å². The molecule has 1 aliphatic carbocycles. The summed E-state index contributed by atoms with van der Waals surface area (Å²) < 4.78 is 0. The molecule has 1 N–H and O–H groups in total. The van der Waals surface area contributed by atoms with Crippen molar-refractivity contribution in [3.05, 3.63) is 0 Å². The van der Waals surface area contributed by atoms with Crippen LogP contribution in [0.3, 0.4) is 0 Å². The highest BCUT2D eigenvalue weighted by Crippen LogP contribution is 2.29. The molecule has 18 heavy (non-hydrogen) atoms. The average molecular weight is 252 g/mol. The number of nitrogens with zero attached hydrogens (tertiary/aromatic N) is 1. The summed E-state index contributed by atoms with van der Waals surface area (Å²) in [5.41, 5.74) is 0. The molecule has 1 saturated carbocycles. The summed E-state index contributed by atoms with van der Waals surface area (Å²) in [7, 11) is 2.17. The van der Waals surface area contributed by atoms with Crippen LogP contribution in [0.15, 0.2) is 0 Å². The Kier molecular flexibility index (Phi) is 5.50. The van der Waals surface area contributed by atoms with Gasteiger partial charge in [-0.2, -0.15) is 0 Å². The molecule has 0 aromatic carbocycles. The van der Waals surface area contributed by atoms with Crippen LogP contribution in [-0.2, 0) is 0 Å². The minimum atomic E-state index is 0.716. The number of piperidine rings is 1. The van der Waals surface area contributed by atoms with Crippen molar-refractivity contribution in [2.24, 2.45) is 5.92 Å². The van der Waals surface area contributed by atoms with Gasteiger partial charge in [-0.3, -0.25) is 4.90 Å². The van der Waals surface area contributed by atoms with Gasteiger partial charge in [0.1, 0.15) is 0 Å². The van der Waals surface area contributed by atoms with Crippen LogP contribution in [0, 0.1) is 5.92 Å². The van der Waals surface area contributed by atoms with Crippen molar-refractivity contribution >= 4 is 0 Å². The van der Waals surface area contributed by atoms with Crippen molar-refractivity contribution in [3.8, 4) is 0 Å². The van der Waals surface area contributed by atoms with E-state index in [1.807, 2.05) is 0 Å². The summed E-state index contributed by atoms with van der Waals surface area (Å²) in [4.78, 5) is 2.76. The molecule has 2 fully saturated rings. The van der Waals surface area contributed by atoms with Gasteiger partial charge in [-0.15, -0.1) is 0 Å². The molecule has 0 radical (unpaired) electrons. The van der Waals surface area contributed by atoms with Crippen molar-refractivity contribution in [2.75, 3.05) is 13.6 Å². The van der Waals surface area contributed by atoms with Gasteiger partial charge in [0.15, 0.2) is 0 Å². The summed E-state index contributed by atoms with van der Waals surface area (Å²) >= 11 is 0. The zero-order chi connectivity index (χ0) is 13.0. The second-order valence-corrected chi connectivity index (χ2v) is 6.62. The molecule has 0 amide bonds. The standard InChI is InChI=1S/C16H32N2/c1-13-8-7-9-14(2)18(13)12-16(17-3)15-10-5-4-6-11-15/h13-17H,4-12H2,1-3H3/t13-,14+,16?. The molecule has 2 nitrogen and oxygen atoms in total. The Balaban J connectivity index is 1.91. The first kappa shape index (κ1) is 14.3. The lowest BCUT2D eigenvalue weighted by Crippen LogP contribution is -2.52. The predicted molar refractivity (Wildman–Crippen MR) is 78.9 cm³/mol. The van der Waals surface area contributed by atoms with E-state index in [1.165, 1.54) is 57.9 Å². The molecular formula is C16H32N2. The van der Waals surface area contributed by atoms with Crippen LogP contribution >= 0.6 is 0 Å². The third-order valence-electron chi connectivity index (χ3n) is 5.37. The Hall–Kier alpha value is -0.0800. The molecular weight excluding hydrogens is 220 g/mol. The number of nitrogens with one attached hydrogen (secondary N) is 1. The average Bonchev–Trinajstić information content (AvgIpc) is 2.40. The third kappa shape index (κ3) is 3.48. The fourth-order valence-electron chi connectivity index (χ4n) is 4.07. The van der Waals surface area contributed by atoms with Crippen molar-refractivity contribution in [3.63, 3.8) is 0 Å². The van der Waals surface area contributed by atoms with E-state index >= 15 is 0 Å². The molecule has 0 bridgehead atoms. The number of hydrogen-bond donors (Lipinski definition) is 1. The molecule has 0 aromatic heterocycles. The highest BCUT2D eigenvalue weighted by molar-refractivity contribution is 4.87. The predicted octanol–water partition coefficient (Wildman–Crippen LogP) is 3.42. The maximum Gasteiger partial charge on any atom is 0.0220 e. The summed E-state index contributed by atoms with van der Waals surface area (Å²) in [5.74, 6) is 0.921. The highest BCUT2D eigenvalue weighted by Gasteiger charge is 2.30. The number of likely N-dealkylation sites (tertiary alicyclic amines) is 1. The van der Waals surface area contributed by atoms with Gasteiger partial charge in [0, 0.05) is 24.7 Å². The van der Waals surface area contributed by atoms with E-state index in [9.17, 15) is 0 Å². The molecule has 1 aliphatic heterocycles. The molecule has 2 rings (SSSR count). The van der Waals surface area contributed by atoms with E-state index in [1.54, 1.807) is 0 Å². The normalized spacial score (nSPS) is 33.5. The van der Waals surface area contributed by atoms with Crippen LogP contribution in [0.5, 0.6) is 0 Å². The van der Waals surface area contributed by atoms with Gasteiger partial charge < -0.3 is 5.32 Å². The molecule has 0 spiro atoms. The lowest BCUT2D eigenvalue weighted by molar-refractivity contribution is 0.0770. The van der Waals surface area contributed by atoms with Gasteiger partial charge in [-0.25, -0.2) is 0 Å². The van der Waals surface area contributed by atoms with Crippen LogP contribution in [0.1, 0.15) is 65.2 Å². The van der Waals surface area contributed by atoms with Crippen LogP contribution in [0.2, 0.25) is 0 Å². The summed E-state index contributed by atoms with van der Waals surface area (Å²) in [6.45, 7) is 6.11. The lowest BCUT2D eigenvalue weighted by Gasteiger charge is -2.43. The lowest BCUT2D eigenvalue weighted by atomic mass is 9.83. The summed E-state index contributed by atoms with van der Waals surface area (Å²) in [6.07, 6.45) is 11.5. The second-order valence-electron chi connectivity index (χ2n) is 6.62. The van der Waals surface area contributed by atoms with Crippen molar-refractivity contribution in [2.45, 2.75) is 83.3 Å². The topological polar surface area (TPSA) is 15.3 Å². The van der Waals surface area contributed by atoms with Crippen LogP contribution in [0.25, 0.3) is 0 Å². The molecule has 0 aromatic rings. The van der Waals surface area contributed by atoms with Gasteiger partial charge >= 0.3 is 0 Å². The molecule has 2 aliphatic rings. The molecule has 3 atom stereocenters. The maximum atomic E-state index is 3.62. The van der Waals surface area contributed by atoms with Crippen LogP contribution in [-0.4, -0.2) is 36.6 Å². The van der Waals surface area contributed by atoms with Gasteiger partial charge in [0.05, 0.1) is 0 Å². The van der Waals surface area contributed by atoms with Gasteiger partial charge in [-0.1, -0.05) is 25.7 Å². The number of likely N-dealkylation sites (N-methyl/N-ethyl adjacent to an activating group) is 1. The number of rotatable bonds is 4. The van der Waals surface area contributed by atoms with E-state index in [4.69, 9.17) is 0 Å². The van der Waals surface area contributed by atoms with Gasteiger partial charge in [-0.05, 0) is 52.5 Å². The fraction of sp³-hybridized carbons (Fsp3) is 1.00. The minimum Gasteiger partial charge on any atom is -0.315 e. The first-order chi connectivity index (χ1) is 8.72. The first-order valence-electron chi connectivity index (χ1n) is 8.15. The van der Waals surface area contributed by atoms with E-state index in [-0.39, 0.29) is 0 Å². The first-order valence-corrected chi connectivity index (χ1v) is 8.15. The van der Waals surface area contributed by atoms with Gasteiger partial charge in [0.25, 0.3) is 0 Å². The Morgan fingerprint density at radius 3 is 2.11 bits per heavy atom. The quantitative estimate of drug-likeness (QED) is 0.825.